The van der Waals surface area contributed by atoms with Gasteiger partial charge in [-0.2, -0.15) is 0 Å². The SMILES string of the molecule is COc1cc2c(cc1OC)[C@H](C(=O)c1ccc3c(c1)C=CC(C)(C)O3)[C@H](OC)CO2. The van der Waals surface area contributed by atoms with Crippen molar-refractivity contribution in [1.29, 1.82) is 0 Å². The number of hydrogen-bond acceptors (Lipinski definition) is 6. The van der Waals surface area contributed by atoms with E-state index in [0.29, 0.717) is 22.8 Å². The van der Waals surface area contributed by atoms with E-state index in [1.807, 2.05) is 38.1 Å². The van der Waals surface area contributed by atoms with Crippen molar-refractivity contribution in [1.82, 2.24) is 0 Å². The summed E-state index contributed by atoms with van der Waals surface area (Å²) in [4.78, 5) is 13.6. The van der Waals surface area contributed by atoms with E-state index in [1.54, 1.807) is 39.5 Å². The van der Waals surface area contributed by atoms with Crippen molar-refractivity contribution in [2.75, 3.05) is 27.9 Å². The molecule has 2 aromatic rings. The van der Waals surface area contributed by atoms with Crippen LogP contribution in [0.25, 0.3) is 6.08 Å². The summed E-state index contributed by atoms with van der Waals surface area (Å²) in [5.74, 6) is 1.89. The molecule has 2 aromatic carbocycles. The summed E-state index contributed by atoms with van der Waals surface area (Å²) in [6.45, 7) is 4.27. The van der Waals surface area contributed by atoms with Gasteiger partial charge in [0.05, 0.1) is 20.1 Å². The van der Waals surface area contributed by atoms with E-state index in [9.17, 15) is 4.79 Å². The summed E-state index contributed by atoms with van der Waals surface area (Å²) in [6, 6.07) is 9.08. The normalized spacial score (nSPS) is 21.0. The molecular weight excluding hydrogens is 384 g/mol. The maximum Gasteiger partial charge on any atom is 0.173 e. The van der Waals surface area contributed by atoms with Crippen molar-refractivity contribution < 1.29 is 28.5 Å². The summed E-state index contributed by atoms with van der Waals surface area (Å²) in [7, 11) is 4.72. The Hall–Kier alpha value is -2.99. The second kappa shape index (κ2) is 7.69. The molecule has 0 radical (unpaired) electrons. The number of ketones is 1. The molecule has 0 bridgehead atoms. The van der Waals surface area contributed by atoms with E-state index in [4.69, 9.17) is 23.7 Å². The van der Waals surface area contributed by atoms with Crippen molar-refractivity contribution in [2.24, 2.45) is 0 Å². The minimum atomic E-state index is -0.526. The lowest BCUT2D eigenvalue weighted by Gasteiger charge is -2.33. The van der Waals surface area contributed by atoms with Gasteiger partial charge in [-0.05, 0) is 44.2 Å². The lowest BCUT2D eigenvalue weighted by atomic mass is 9.83. The lowest BCUT2D eigenvalue weighted by molar-refractivity contribution is 0.0242. The summed E-state index contributed by atoms with van der Waals surface area (Å²) < 4.78 is 28.3. The Morgan fingerprint density at radius 3 is 2.47 bits per heavy atom. The second-order valence-electron chi connectivity index (χ2n) is 7.96. The second-order valence-corrected chi connectivity index (χ2v) is 7.96. The zero-order valence-electron chi connectivity index (χ0n) is 17.9. The van der Waals surface area contributed by atoms with Gasteiger partial charge in [-0.3, -0.25) is 4.79 Å². The summed E-state index contributed by atoms with van der Waals surface area (Å²) >= 11 is 0. The number of Topliss-reactive ketones (excluding diaryl/α,β-unsaturated/α-hetero) is 1. The molecule has 0 amide bonds. The highest BCUT2D eigenvalue weighted by Crippen LogP contribution is 2.44. The van der Waals surface area contributed by atoms with Gasteiger partial charge in [0, 0.05) is 29.9 Å². The lowest BCUT2D eigenvalue weighted by Crippen LogP contribution is -2.37. The Labute approximate surface area is 176 Å². The third-order valence-electron chi connectivity index (χ3n) is 5.54. The molecular formula is C24H26O6. The summed E-state index contributed by atoms with van der Waals surface area (Å²) in [6.07, 6.45) is 3.57. The minimum absolute atomic E-state index is 0.0420. The molecule has 0 fully saturated rings. The number of rotatable bonds is 5. The summed E-state index contributed by atoms with van der Waals surface area (Å²) in [5.41, 5.74) is 1.83. The smallest absolute Gasteiger partial charge is 0.173 e. The average Bonchev–Trinajstić information content (AvgIpc) is 2.75. The molecule has 6 nitrogen and oxygen atoms in total. The maximum absolute atomic E-state index is 13.6. The van der Waals surface area contributed by atoms with Gasteiger partial charge in [0.1, 0.15) is 29.8 Å². The zero-order chi connectivity index (χ0) is 21.5. The fourth-order valence-corrected chi connectivity index (χ4v) is 3.94. The maximum atomic E-state index is 13.6. The molecule has 2 aliphatic heterocycles. The van der Waals surface area contributed by atoms with Crippen LogP contribution in [0.3, 0.4) is 0 Å². The molecule has 2 atom stereocenters. The molecule has 0 unspecified atom stereocenters. The van der Waals surface area contributed by atoms with E-state index in [2.05, 4.69) is 0 Å². The van der Waals surface area contributed by atoms with Crippen molar-refractivity contribution in [3.05, 3.63) is 53.1 Å². The van der Waals surface area contributed by atoms with Gasteiger partial charge in [-0.1, -0.05) is 6.08 Å². The van der Waals surface area contributed by atoms with Crippen LogP contribution in [-0.2, 0) is 4.74 Å². The van der Waals surface area contributed by atoms with Crippen molar-refractivity contribution in [3.63, 3.8) is 0 Å². The molecule has 6 heteroatoms. The number of benzene rings is 2. The first kappa shape index (κ1) is 20.3. The molecule has 2 aliphatic rings. The molecule has 158 valence electrons. The number of methoxy groups -OCH3 is 3. The van der Waals surface area contributed by atoms with Crippen LogP contribution in [0.5, 0.6) is 23.0 Å². The first-order valence-electron chi connectivity index (χ1n) is 9.85. The summed E-state index contributed by atoms with van der Waals surface area (Å²) in [5, 5.41) is 0. The Balaban J connectivity index is 1.75. The largest absolute Gasteiger partial charge is 0.493 e. The fraction of sp³-hybridized carbons (Fsp3) is 0.375. The third-order valence-corrected chi connectivity index (χ3v) is 5.54. The Kier molecular flexibility index (Phi) is 5.20. The molecule has 4 rings (SSSR count). The quantitative estimate of drug-likeness (QED) is 0.687. The van der Waals surface area contributed by atoms with E-state index < -0.39 is 12.0 Å². The van der Waals surface area contributed by atoms with Crippen LogP contribution in [0.15, 0.2) is 36.4 Å². The molecule has 0 saturated heterocycles. The van der Waals surface area contributed by atoms with Gasteiger partial charge in [0.25, 0.3) is 0 Å². The van der Waals surface area contributed by atoms with E-state index in [-0.39, 0.29) is 18.0 Å². The number of ether oxygens (including phenoxy) is 5. The number of carbonyl (C=O) groups is 1. The van der Waals surface area contributed by atoms with Crippen LogP contribution >= 0.6 is 0 Å². The first-order valence-corrected chi connectivity index (χ1v) is 9.85. The Morgan fingerprint density at radius 2 is 1.77 bits per heavy atom. The van der Waals surface area contributed by atoms with Crippen molar-refractivity contribution in [2.45, 2.75) is 31.5 Å². The molecule has 0 N–H and O–H groups in total. The Bertz CT molecular complexity index is 1010. The van der Waals surface area contributed by atoms with Crippen LogP contribution in [0.1, 0.15) is 41.3 Å². The highest BCUT2D eigenvalue weighted by molar-refractivity contribution is 6.02. The van der Waals surface area contributed by atoms with E-state index >= 15 is 0 Å². The standard InChI is InChI=1S/C24H26O6/c1-24(2)9-8-14-10-15(6-7-17(14)30-24)23(25)22-16-11-19(26-3)20(27-4)12-18(16)29-13-21(22)28-5/h6-12,21-22H,13H2,1-5H3/t21-,22+/m1/s1. The van der Waals surface area contributed by atoms with Crippen LogP contribution in [0.2, 0.25) is 0 Å². The van der Waals surface area contributed by atoms with Crippen LogP contribution < -0.4 is 18.9 Å². The molecule has 0 aliphatic carbocycles. The molecule has 30 heavy (non-hydrogen) atoms. The molecule has 0 saturated carbocycles. The minimum Gasteiger partial charge on any atom is -0.493 e. The Morgan fingerprint density at radius 1 is 1.03 bits per heavy atom. The molecule has 2 heterocycles. The average molecular weight is 410 g/mol. The van der Waals surface area contributed by atoms with Gasteiger partial charge < -0.3 is 23.7 Å². The van der Waals surface area contributed by atoms with Crippen molar-refractivity contribution in [3.8, 4) is 23.0 Å². The number of carbonyl (C=O) groups excluding carboxylic acids is 1. The number of fused-ring (bicyclic) bond motifs is 2. The van der Waals surface area contributed by atoms with Gasteiger partial charge in [0.15, 0.2) is 17.3 Å². The van der Waals surface area contributed by atoms with E-state index in [1.165, 1.54) is 0 Å². The van der Waals surface area contributed by atoms with Crippen molar-refractivity contribution >= 4 is 11.9 Å². The predicted octanol–water partition coefficient (Wildman–Crippen LogP) is 4.26. The van der Waals surface area contributed by atoms with Gasteiger partial charge in [-0.25, -0.2) is 0 Å². The van der Waals surface area contributed by atoms with Gasteiger partial charge >= 0.3 is 0 Å². The van der Waals surface area contributed by atoms with Crippen LogP contribution in [-0.4, -0.2) is 45.4 Å². The monoisotopic (exact) mass is 410 g/mol. The first-order chi connectivity index (χ1) is 14.4. The predicted molar refractivity (Wildman–Crippen MR) is 113 cm³/mol. The number of hydrogen-bond donors (Lipinski definition) is 0. The van der Waals surface area contributed by atoms with Crippen LogP contribution in [0, 0.1) is 0 Å². The third kappa shape index (κ3) is 3.52. The molecule has 0 spiro atoms. The van der Waals surface area contributed by atoms with Gasteiger partial charge in [-0.15, -0.1) is 0 Å². The van der Waals surface area contributed by atoms with Crippen LogP contribution in [0.4, 0.5) is 0 Å². The fourth-order valence-electron chi connectivity index (χ4n) is 3.94. The molecule has 0 aromatic heterocycles. The highest BCUT2D eigenvalue weighted by Gasteiger charge is 2.38. The van der Waals surface area contributed by atoms with Gasteiger partial charge in [0.2, 0.25) is 0 Å². The topological polar surface area (TPSA) is 63.2 Å². The highest BCUT2D eigenvalue weighted by atomic mass is 16.5. The zero-order valence-corrected chi connectivity index (χ0v) is 17.9. The van der Waals surface area contributed by atoms with E-state index in [0.717, 1.165) is 16.9 Å².